The Morgan fingerprint density at radius 2 is 2.04 bits per heavy atom. The lowest BCUT2D eigenvalue weighted by Gasteiger charge is -2.22. The van der Waals surface area contributed by atoms with Gasteiger partial charge in [-0.05, 0) is 18.6 Å². The van der Waals surface area contributed by atoms with E-state index < -0.39 is 0 Å². The Morgan fingerprint density at radius 3 is 2.86 bits per heavy atom. The number of nitrogens with one attached hydrogen (secondary N) is 1. The number of carbonyl (C=O) groups excluding carboxylic acids is 2. The smallest absolute Gasteiger partial charge is 0.325 e. The molecule has 2 aliphatic heterocycles. The summed E-state index contributed by atoms with van der Waals surface area (Å²) in [6, 6.07) is 5.29. The number of ether oxygens (including phenoxy) is 2. The largest absolute Gasteiger partial charge is 0.486 e. The molecule has 0 bridgehead atoms. The normalized spacial score (nSPS) is 15.8. The summed E-state index contributed by atoms with van der Waals surface area (Å²) in [4.78, 5) is 32.0. The Kier molecular flexibility index (Phi) is 5.31. The molecule has 1 fully saturated rings. The number of hydrogen-bond donors (Lipinski definition) is 1. The summed E-state index contributed by atoms with van der Waals surface area (Å²) in [5.74, 6) is 1.18. The van der Waals surface area contributed by atoms with Gasteiger partial charge in [0, 0.05) is 50.3 Å². The number of aromatic nitrogens is 2. The topological polar surface area (TPSA) is 88.9 Å². The van der Waals surface area contributed by atoms with E-state index in [1.165, 1.54) is 0 Å². The molecule has 0 radical (unpaired) electrons. The molecule has 148 valence electrons. The molecule has 1 aromatic carbocycles. The van der Waals surface area contributed by atoms with Crippen molar-refractivity contribution in [3.63, 3.8) is 0 Å². The van der Waals surface area contributed by atoms with Gasteiger partial charge in [0.25, 0.3) is 0 Å². The first-order valence-electron chi connectivity index (χ1n) is 9.39. The molecule has 0 atom stereocenters. The quantitative estimate of drug-likeness (QED) is 0.721. The van der Waals surface area contributed by atoms with Gasteiger partial charge in [-0.3, -0.25) is 9.69 Å². The van der Waals surface area contributed by atoms with Crippen molar-refractivity contribution < 1.29 is 19.1 Å². The molecular weight excluding hydrogens is 362 g/mol. The third-order valence-corrected chi connectivity index (χ3v) is 4.74. The highest BCUT2D eigenvalue weighted by Crippen LogP contribution is 2.34. The van der Waals surface area contributed by atoms with Crippen molar-refractivity contribution in [1.82, 2.24) is 19.8 Å². The first-order valence-corrected chi connectivity index (χ1v) is 9.39. The van der Waals surface area contributed by atoms with Crippen LogP contribution in [0.1, 0.15) is 6.42 Å². The van der Waals surface area contributed by atoms with E-state index in [1.54, 1.807) is 22.3 Å². The lowest BCUT2D eigenvalue weighted by Crippen LogP contribution is -2.40. The number of imidazole rings is 1. The van der Waals surface area contributed by atoms with Gasteiger partial charge in [0.2, 0.25) is 5.91 Å². The molecule has 1 N–H and O–H groups in total. The van der Waals surface area contributed by atoms with Gasteiger partial charge in [-0.1, -0.05) is 0 Å². The Balaban J connectivity index is 1.26. The predicted octanol–water partition coefficient (Wildman–Crippen LogP) is 1.10. The van der Waals surface area contributed by atoms with Gasteiger partial charge in [-0.2, -0.15) is 0 Å². The fourth-order valence-electron chi connectivity index (χ4n) is 3.31. The van der Waals surface area contributed by atoms with E-state index in [2.05, 4.69) is 10.3 Å². The SMILES string of the molecule is O=C(CN1CCN(c2ccc3c(c2)OCCO3)C1=O)NCCCn1ccnc1. The van der Waals surface area contributed by atoms with Crippen LogP contribution in [-0.4, -0.2) is 65.8 Å². The summed E-state index contributed by atoms with van der Waals surface area (Å²) >= 11 is 0. The van der Waals surface area contributed by atoms with Gasteiger partial charge in [0.1, 0.15) is 19.8 Å². The monoisotopic (exact) mass is 385 g/mol. The maximum atomic E-state index is 12.7. The number of amides is 3. The maximum absolute atomic E-state index is 12.7. The predicted molar refractivity (Wildman–Crippen MR) is 102 cm³/mol. The molecular formula is C19H23N5O4. The minimum Gasteiger partial charge on any atom is -0.486 e. The van der Waals surface area contributed by atoms with E-state index in [-0.39, 0.29) is 18.5 Å². The number of rotatable bonds is 7. The fourth-order valence-corrected chi connectivity index (χ4v) is 3.31. The van der Waals surface area contributed by atoms with Crippen molar-refractivity contribution in [2.75, 3.05) is 44.3 Å². The van der Waals surface area contributed by atoms with Crippen molar-refractivity contribution in [3.8, 4) is 11.5 Å². The lowest BCUT2D eigenvalue weighted by molar-refractivity contribution is -0.121. The van der Waals surface area contributed by atoms with Crippen LogP contribution < -0.4 is 19.7 Å². The van der Waals surface area contributed by atoms with E-state index in [0.29, 0.717) is 44.3 Å². The Labute approximate surface area is 162 Å². The number of anilines is 1. The van der Waals surface area contributed by atoms with Gasteiger partial charge >= 0.3 is 6.03 Å². The molecule has 3 amide bonds. The van der Waals surface area contributed by atoms with E-state index in [1.807, 2.05) is 29.0 Å². The highest BCUT2D eigenvalue weighted by Gasteiger charge is 2.31. The number of benzene rings is 1. The molecule has 1 aromatic heterocycles. The zero-order valence-electron chi connectivity index (χ0n) is 15.5. The Hall–Kier alpha value is -3.23. The van der Waals surface area contributed by atoms with Crippen LogP contribution in [0.4, 0.5) is 10.5 Å². The van der Waals surface area contributed by atoms with E-state index in [4.69, 9.17) is 9.47 Å². The van der Waals surface area contributed by atoms with Gasteiger partial charge in [-0.15, -0.1) is 0 Å². The summed E-state index contributed by atoms with van der Waals surface area (Å²) in [5, 5.41) is 2.87. The van der Waals surface area contributed by atoms with Crippen LogP contribution in [0.2, 0.25) is 0 Å². The average molecular weight is 385 g/mol. The minimum atomic E-state index is -0.176. The van der Waals surface area contributed by atoms with Crippen molar-refractivity contribution in [2.45, 2.75) is 13.0 Å². The second-order valence-electron chi connectivity index (χ2n) is 6.69. The van der Waals surface area contributed by atoms with Crippen LogP contribution in [0, 0.1) is 0 Å². The number of urea groups is 1. The molecule has 4 rings (SSSR count). The van der Waals surface area contributed by atoms with Crippen molar-refractivity contribution in [3.05, 3.63) is 36.9 Å². The molecule has 0 unspecified atom stereocenters. The molecule has 0 spiro atoms. The molecule has 9 nitrogen and oxygen atoms in total. The van der Waals surface area contributed by atoms with Gasteiger partial charge < -0.3 is 24.3 Å². The van der Waals surface area contributed by atoms with Crippen LogP contribution in [-0.2, 0) is 11.3 Å². The second kappa shape index (κ2) is 8.20. The van der Waals surface area contributed by atoms with Crippen LogP contribution in [0.15, 0.2) is 36.9 Å². The zero-order valence-corrected chi connectivity index (χ0v) is 15.5. The first kappa shape index (κ1) is 18.1. The van der Waals surface area contributed by atoms with Crippen molar-refractivity contribution in [2.24, 2.45) is 0 Å². The summed E-state index contributed by atoms with van der Waals surface area (Å²) in [7, 11) is 0. The number of fused-ring (bicyclic) bond motifs is 1. The number of carbonyl (C=O) groups is 2. The highest BCUT2D eigenvalue weighted by atomic mass is 16.6. The zero-order chi connectivity index (χ0) is 19.3. The minimum absolute atomic E-state index is 0.0605. The number of hydrogen-bond acceptors (Lipinski definition) is 5. The van der Waals surface area contributed by atoms with E-state index in [0.717, 1.165) is 18.7 Å². The fraction of sp³-hybridized carbons (Fsp3) is 0.421. The molecule has 1 saturated heterocycles. The molecule has 2 aromatic rings. The molecule has 2 aliphatic rings. The van der Waals surface area contributed by atoms with Crippen LogP contribution in [0.25, 0.3) is 0 Å². The highest BCUT2D eigenvalue weighted by molar-refractivity contribution is 5.96. The summed E-state index contributed by atoms with van der Waals surface area (Å²) in [5.41, 5.74) is 0.748. The van der Waals surface area contributed by atoms with Crippen molar-refractivity contribution >= 4 is 17.6 Å². The molecule has 0 saturated carbocycles. The molecule has 9 heteroatoms. The van der Waals surface area contributed by atoms with Crippen LogP contribution in [0.5, 0.6) is 11.5 Å². The molecule has 3 heterocycles. The average Bonchev–Trinajstić information content (AvgIpc) is 3.35. The van der Waals surface area contributed by atoms with Crippen LogP contribution in [0.3, 0.4) is 0 Å². The summed E-state index contributed by atoms with van der Waals surface area (Å²) in [6.45, 7) is 3.48. The maximum Gasteiger partial charge on any atom is 0.325 e. The van der Waals surface area contributed by atoms with E-state index >= 15 is 0 Å². The summed E-state index contributed by atoms with van der Waals surface area (Å²) < 4.78 is 13.1. The van der Waals surface area contributed by atoms with Gasteiger partial charge in [0.05, 0.1) is 6.33 Å². The standard InChI is InChI=1S/C19H23N5O4/c25-18(21-4-1-6-22-7-5-20-14-22)13-23-8-9-24(19(23)26)15-2-3-16-17(12-15)28-11-10-27-16/h2-3,5,7,12,14H,1,4,6,8-11,13H2,(H,21,25). The van der Waals surface area contributed by atoms with Crippen molar-refractivity contribution in [1.29, 1.82) is 0 Å². The number of nitrogens with zero attached hydrogens (tertiary/aromatic N) is 4. The Bertz CT molecular complexity index is 839. The second-order valence-corrected chi connectivity index (χ2v) is 6.69. The lowest BCUT2D eigenvalue weighted by atomic mass is 10.2. The molecule has 0 aliphatic carbocycles. The van der Waals surface area contributed by atoms with Crippen LogP contribution >= 0.6 is 0 Å². The third-order valence-electron chi connectivity index (χ3n) is 4.74. The third kappa shape index (κ3) is 4.03. The van der Waals surface area contributed by atoms with Gasteiger partial charge in [-0.25, -0.2) is 9.78 Å². The van der Waals surface area contributed by atoms with E-state index in [9.17, 15) is 9.59 Å². The van der Waals surface area contributed by atoms with Gasteiger partial charge in [0.15, 0.2) is 11.5 Å². The summed E-state index contributed by atoms with van der Waals surface area (Å²) in [6.07, 6.45) is 6.17. The first-order chi connectivity index (χ1) is 13.7. The molecule has 28 heavy (non-hydrogen) atoms. The number of aryl methyl sites for hydroxylation is 1. The Morgan fingerprint density at radius 1 is 1.18 bits per heavy atom.